The molecule has 4 rings (SSSR count). The summed E-state index contributed by atoms with van der Waals surface area (Å²) in [6, 6.07) is 5.24. The summed E-state index contributed by atoms with van der Waals surface area (Å²) in [5.41, 5.74) is 2.03. The van der Waals surface area contributed by atoms with E-state index in [1.165, 1.54) is 0 Å². The number of fused-ring (bicyclic) bond motifs is 2. The molecule has 0 radical (unpaired) electrons. The molecule has 22 heavy (non-hydrogen) atoms. The van der Waals surface area contributed by atoms with Crippen molar-refractivity contribution in [1.29, 1.82) is 0 Å². The van der Waals surface area contributed by atoms with Crippen LogP contribution >= 0.6 is 0 Å². The van der Waals surface area contributed by atoms with Crippen LogP contribution in [0.4, 0.5) is 5.69 Å². The largest absolute Gasteiger partial charge is 0.335 e. The number of hydrogen-bond acceptors (Lipinski definition) is 3. The zero-order valence-corrected chi connectivity index (χ0v) is 12.4. The highest BCUT2D eigenvalue weighted by atomic mass is 16.2. The zero-order valence-electron chi connectivity index (χ0n) is 12.4. The molecule has 0 bridgehead atoms. The molecule has 0 saturated carbocycles. The third-order valence-corrected chi connectivity index (χ3v) is 4.75. The second-order valence-electron chi connectivity index (χ2n) is 6.35. The molecule has 2 fully saturated rings. The van der Waals surface area contributed by atoms with Crippen molar-refractivity contribution in [3.05, 3.63) is 35.4 Å². The van der Waals surface area contributed by atoms with Crippen molar-refractivity contribution in [1.82, 2.24) is 19.8 Å². The number of hydrogen-bond donors (Lipinski definition) is 1. The maximum atomic E-state index is 12.6. The Bertz CT molecular complexity index is 775. The molecule has 2 saturated heterocycles. The number of amides is 1. The summed E-state index contributed by atoms with van der Waals surface area (Å²) in [6.07, 6.45) is 0. The van der Waals surface area contributed by atoms with E-state index in [0.717, 1.165) is 37.2 Å². The Hall–Kier alpha value is -2.39. The van der Waals surface area contributed by atoms with Gasteiger partial charge in [-0.25, -0.2) is 9.83 Å². The van der Waals surface area contributed by atoms with Gasteiger partial charge in [-0.2, -0.15) is 0 Å². The van der Waals surface area contributed by atoms with Gasteiger partial charge in [-0.1, -0.05) is 6.07 Å². The summed E-state index contributed by atoms with van der Waals surface area (Å²) in [4.78, 5) is 27.7. The van der Waals surface area contributed by atoms with E-state index < -0.39 is 0 Å². The maximum absolute atomic E-state index is 12.6. The van der Waals surface area contributed by atoms with E-state index in [0.29, 0.717) is 23.3 Å². The highest BCUT2D eigenvalue weighted by Gasteiger charge is 2.41. The number of carbonyl (C=O) groups is 1. The number of carbonyl (C=O) groups excluding carboxylic acids is 1. The van der Waals surface area contributed by atoms with E-state index >= 15 is 0 Å². The first-order chi connectivity index (χ1) is 10.6. The van der Waals surface area contributed by atoms with Gasteiger partial charge in [0.05, 0.1) is 17.6 Å². The van der Waals surface area contributed by atoms with Crippen molar-refractivity contribution in [2.45, 2.75) is 0 Å². The molecule has 1 aromatic heterocycles. The Labute approximate surface area is 128 Å². The minimum absolute atomic E-state index is 0.0300. The van der Waals surface area contributed by atoms with Crippen LogP contribution in [0, 0.1) is 18.4 Å². The van der Waals surface area contributed by atoms with Gasteiger partial charge in [-0.3, -0.25) is 4.79 Å². The smallest absolute Gasteiger partial charge is 0.289 e. The number of nitrogens with zero attached hydrogens (tertiary/aromatic N) is 4. The first kappa shape index (κ1) is 13.3. The number of aromatic amines is 1. The molecule has 0 spiro atoms. The Morgan fingerprint density at radius 3 is 2.73 bits per heavy atom. The fraction of sp³-hybridized carbons (Fsp3) is 0.438. The number of nitrogens with one attached hydrogen (secondary N) is 1. The molecule has 6 nitrogen and oxygen atoms in total. The van der Waals surface area contributed by atoms with Crippen LogP contribution in [0.25, 0.3) is 15.9 Å². The van der Waals surface area contributed by atoms with Crippen molar-refractivity contribution < 1.29 is 4.79 Å². The molecular formula is C16H17N5O. The molecule has 2 atom stereocenters. The van der Waals surface area contributed by atoms with Crippen molar-refractivity contribution in [3.63, 3.8) is 0 Å². The maximum Gasteiger partial charge on any atom is 0.289 e. The Balaban J connectivity index is 1.57. The number of benzene rings is 1. The Morgan fingerprint density at radius 1 is 1.32 bits per heavy atom. The first-order valence-corrected chi connectivity index (χ1v) is 7.49. The lowest BCUT2D eigenvalue weighted by Gasteiger charge is -2.18. The normalized spacial score (nSPS) is 24.6. The average molecular weight is 295 g/mol. The molecule has 1 N–H and O–H groups in total. The molecule has 3 heterocycles. The SMILES string of the molecule is [C-]#[N+]c1ccc2nc(C(=O)N3C[C@H]4CN(C)C[C@H]4C3)[nH]c2c1. The van der Waals surface area contributed by atoms with Crippen LogP contribution in [0.15, 0.2) is 18.2 Å². The molecule has 0 aliphatic carbocycles. The molecule has 1 aromatic carbocycles. The van der Waals surface area contributed by atoms with Gasteiger partial charge in [0.25, 0.3) is 5.91 Å². The molecule has 2 aliphatic rings. The second kappa shape index (κ2) is 4.82. The highest BCUT2D eigenvalue weighted by molar-refractivity contribution is 5.95. The van der Waals surface area contributed by atoms with Crippen LogP contribution in [-0.2, 0) is 0 Å². The van der Waals surface area contributed by atoms with E-state index in [2.05, 4.69) is 26.8 Å². The van der Waals surface area contributed by atoms with Crippen LogP contribution in [0.2, 0.25) is 0 Å². The molecule has 6 heteroatoms. The van der Waals surface area contributed by atoms with Crippen molar-refractivity contribution in [2.24, 2.45) is 11.8 Å². The van der Waals surface area contributed by atoms with Crippen molar-refractivity contribution in [3.8, 4) is 0 Å². The summed E-state index contributed by atoms with van der Waals surface area (Å²) in [7, 11) is 2.14. The fourth-order valence-electron chi connectivity index (χ4n) is 3.71. The molecule has 0 unspecified atom stereocenters. The summed E-state index contributed by atoms with van der Waals surface area (Å²) < 4.78 is 0. The van der Waals surface area contributed by atoms with Crippen LogP contribution in [0.1, 0.15) is 10.6 Å². The van der Waals surface area contributed by atoms with Crippen molar-refractivity contribution in [2.75, 3.05) is 33.2 Å². The van der Waals surface area contributed by atoms with Gasteiger partial charge in [0.2, 0.25) is 0 Å². The second-order valence-corrected chi connectivity index (χ2v) is 6.35. The van der Waals surface area contributed by atoms with Crippen LogP contribution in [0.5, 0.6) is 0 Å². The van der Waals surface area contributed by atoms with E-state index in [1.54, 1.807) is 18.2 Å². The van der Waals surface area contributed by atoms with E-state index in [1.807, 2.05) is 4.90 Å². The number of H-pyrrole nitrogens is 1. The Kier molecular flexibility index (Phi) is 2.91. The lowest BCUT2D eigenvalue weighted by atomic mass is 10.0. The number of imidazole rings is 1. The van der Waals surface area contributed by atoms with Gasteiger partial charge >= 0.3 is 0 Å². The predicted molar refractivity (Wildman–Crippen MR) is 82.7 cm³/mol. The minimum atomic E-state index is -0.0300. The summed E-state index contributed by atoms with van der Waals surface area (Å²) in [5.74, 6) is 1.53. The quantitative estimate of drug-likeness (QED) is 0.815. The fourth-order valence-corrected chi connectivity index (χ4v) is 3.71. The first-order valence-electron chi connectivity index (χ1n) is 7.49. The van der Waals surface area contributed by atoms with Gasteiger partial charge < -0.3 is 14.8 Å². The molecule has 2 aliphatic heterocycles. The Morgan fingerprint density at radius 2 is 2.05 bits per heavy atom. The third kappa shape index (κ3) is 2.06. The van der Waals surface area contributed by atoms with Crippen LogP contribution in [-0.4, -0.2) is 58.9 Å². The lowest BCUT2D eigenvalue weighted by Crippen LogP contribution is -2.32. The van der Waals surface area contributed by atoms with Crippen LogP contribution in [0.3, 0.4) is 0 Å². The topological polar surface area (TPSA) is 56.6 Å². The highest BCUT2D eigenvalue weighted by Crippen LogP contribution is 2.31. The van der Waals surface area contributed by atoms with Gasteiger partial charge in [0, 0.05) is 26.2 Å². The number of rotatable bonds is 1. The van der Waals surface area contributed by atoms with Gasteiger partial charge in [-0.05, 0) is 31.0 Å². The van der Waals surface area contributed by atoms with Crippen LogP contribution < -0.4 is 0 Å². The summed E-state index contributed by atoms with van der Waals surface area (Å²) in [6.45, 7) is 10.8. The molecule has 112 valence electrons. The standard InChI is InChI=1S/C16H17N5O/c1-17-12-3-4-13-14(5-12)19-15(18-13)16(22)21-8-10-6-20(2)7-11(10)9-21/h3-5,10-11H,6-9H2,2H3,(H,18,19)/t10-,11+. The predicted octanol–water partition coefficient (Wildman–Crippen LogP) is 1.75. The minimum Gasteiger partial charge on any atom is -0.335 e. The summed E-state index contributed by atoms with van der Waals surface area (Å²) >= 11 is 0. The van der Waals surface area contributed by atoms with E-state index in [4.69, 9.17) is 6.57 Å². The van der Waals surface area contributed by atoms with Gasteiger partial charge in [-0.15, -0.1) is 0 Å². The lowest BCUT2D eigenvalue weighted by molar-refractivity contribution is 0.0765. The molecular weight excluding hydrogens is 278 g/mol. The zero-order chi connectivity index (χ0) is 15.3. The summed E-state index contributed by atoms with van der Waals surface area (Å²) in [5, 5.41) is 0. The molecule has 2 aromatic rings. The molecule has 1 amide bonds. The van der Waals surface area contributed by atoms with E-state index in [-0.39, 0.29) is 5.91 Å². The monoisotopic (exact) mass is 295 g/mol. The van der Waals surface area contributed by atoms with Gasteiger partial charge in [0.1, 0.15) is 0 Å². The number of likely N-dealkylation sites (tertiary alicyclic amines) is 2. The van der Waals surface area contributed by atoms with Gasteiger partial charge in [0.15, 0.2) is 11.5 Å². The average Bonchev–Trinajstić information content (AvgIpc) is 3.17. The number of aromatic nitrogens is 2. The third-order valence-electron chi connectivity index (χ3n) is 4.75. The van der Waals surface area contributed by atoms with Crippen molar-refractivity contribution >= 4 is 22.6 Å². The van der Waals surface area contributed by atoms with E-state index in [9.17, 15) is 4.79 Å².